The molecule has 0 amide bonds. The number of fused-ring (bicyclic) bond motifs is 1. The molecule has 1 aliphatic rings. The van der Waals surface area contributed by atoms with Gasteiger partial charge in [0.05, 0.1) is 31.4 Å². The molecule has 0 aliphatic carbocycles. The Kier molecular flexibility index (Phi) is 7.18. The Balaban J connectivity index is 0.000000318. The number of nitrogens with one attached hydrogen (secondary N) is 1. The highest BCUT2D eigenvalue weighted by Crippen LogP contribution is 2.24. The molecule has 0 fully saturated rings. The lowest BCUT2D eigenvalue weighted by Gasteiger charge is -2.14. The molecule has 2 N–H and O–H groups in total. The molecule has 0 radical (unpaired) electrons. The van der Waals surface area contributed by atoms with Gasteiger partial charge in [-0.2, -0.15) is 13.2 Å². The van der Waals surface area contributed by atoms with Crippen molar-refractivity contribution < 1.29 is 32.2 Å². The summed E-state index contributed by atoms with van der Waals surface area (Å²) in [6.45, 7) is 3.68. The highest BCUT2D eigenvalue weighted by Gasteiger charge is 2.38. The fourth-order valence-corrected chi connectivity index (χ4v) is 3.30. The van der Waals surface area contributed by atoms with E-state index in [9.17, 15) is 13.2 Å². The van der Waals surface area contributed by atoms with Crippen LogP contribution in [-0.4, -0.2) is 50.4 Å². The number of carboxylic acid groups (broad SMARTS) is 1. The minimum atomic E-state index is -5.08. The van der Waals surface area contributed by atoms with Crippen molar-refractivity contribution in [2.24, 2.45) is 5.92 Å². The van der Waals surface area contributed by atoms with Gasteiger partial charge in [0, 0.05) is 42.7 Å². The number of alkyl halides is 3. The summed E-state index contributed by atoms with van der Waals surface area (Å²) >= 11 is 1.66. The van der Waals surface area contributed by atoms with Crippen LogP contribution in [0.1, 0.15) is 10.7 Å². The van der Waals surface area contributed by atoms with Gasteiger partial charge in [-0.3, -0.25) is 0 Å². The lowest BCUT2D eigenvalue weighted by molar-refractivity contribution is -0.192. The van der Waals surface area contributed by atoms with Crippen LogP contribution in [0.3, 0.4) is 0 Å². The number of aromatic nitrogens is 4. The monoisotopic (exact) mass is 445 g/mol. The summed E-state index contributed by atoms with van der Waals surface area (Å²) < 4.78 is 44.7. The van der Waals surface area contributed by atoms with Crippen LogP contribution in [0.2, 0.25) is 0 Å². The number of carboxylic acids is 1. The van der Waals surface area contributed by atoms with Gasteiger partial charge in [-0.25, -0.2) is 14.5 Å². The van der Waals surface area contributed by atoms with Crippen LogP contribution in [0.4, 0.5) is 13.2 Å². The molecular weight excluding hydrogens is 427 g/mol. The third-order valence-corrected chi connectivity index (χ3v) is 4.87. The first kappa shape index (κ1) is 21.9. The van der Waals surface area contributed by atoms with E-state index in [-0.39, 0.29) is 0 Å². The zero-order valence-electron chi connectivity index (χ0n) is 15.5. The van der Waals surface area contributed by atoms with Crippen LogP contribution in [0.5, 0.6) is 0 Å². The Morgan fingerprint density at radius 1 is 1.43 bits per heavy atom. The van der Waals surface area contributed by atoms with Gasteiger partial charge in [0.15, 0.2) is 0 Å². The summed E-state index contributed by atoms with van der Waals surface area (Å²) in [6.07, 6.45) is 0.0717. The van der Waals surface area contributed by atoms with E-state index >= 15 is 0 Å². The van der Waals surface area contributed by atoms with Crippen molar-refractivity contribution in [3.8, 4) is 11.3 Å². The van der Waals surface area contributed by atoms with Crippen LogP contribution in [-0.2, 0) is 29.2 Å². The third kappa shape index (κ3) is 5.87. The number of hydrogen-bond acceptors (Lipinski definition) is 8. The molecule has 3 aromatic heterocycles. The molecule has 4 rings (SSSR count). The van der Waals surface area contributed by atoms with E-state index in [1.807, 2.05) is 22.3 Å². The van der Waals surface area contributed by atoms with Crippen molar-refractivity contribution in [1.82, 2.24) is 25.3 Å². The van der Waals surface area contributed by atoms with E-state index in [0.717, 1.165) is 41.6 Å². The van der Waals surface area contributed by atoms with Crippen molar-refractivity contribution in [3.05, 3.63) is 40.9 Å². The average Bonchev–Trinajstić information content (AvgIpc) is 3.42. The molecule has 30 heavy (non-hydrogen) atoms. The van der Waals surface area contributed by atoms with E-state index in [2.05, 4.69) is 20.6 Å². The molecule has 162 valence electrons. The SMILES string of the molecule is O=C(O)C(F)(F)F.c1csc(CNCC2COCc3c(-c4ccoc4)nnn3C2)n1. The van der Waals surface area contributed by atoms with Crippen LogP contribution >= 0.6 is 11.3 Å². The Morgan fingerprint density at radius 2 is 2.23 bits per heavy atom. The molecule has 0 saturated heterocycles. The molecule has 3 aromatic rings. The lowest BCUT2D eigenvalue weighted by atomic mass is 10.1. The van der Waals surface area contributed by atoms with Gasteiger partial charge in [-0.1, -0.05) is 5.21 Å². The number of rotatable bonds is 5. The summed E-state index contributed by atoms with van der Waals surface area (Å²) in [5.41, 5.74) is 2.79. The zero-order chi connectivity index (χ0) is 21.6. The fourth-order valence-electron chi connectivity index (χ4n) is 2.71. The second-order valence-corrected chi connectivity index (χ2v) is 7.30. The van der Waals surface area contributed by atoms with Crippen molar-refractivity contribution >= 4 is 17.3 Å². The molecule has 1 aliphatic heterocycles. The summed E-state index contributed by atoms with van der Waals surface area (Å²) in [4.78, 5) is 13.2. The molecule has 13 heteroatoms. The van der Waals surface area contributed by atoms with Gasteiger partial charge in [-0.15, -0.1) is 16.4 Å². The molecule has 0 aromatic carbocycles. The number of thiazole rings is 1. The first-order valence-electron chi connectivity index (χ1n) is 8.76. The highest BCUT2D eigenvalue weighted by molar-refractivity contribution is 7.09. The smallest absolute Gasteiger partial charge is 0.475 e. The van der Waals surface area contributed by atoms with Gasteiger partial charge in [0.25, 0.3) is 0 Å². The first-order valence-corrected chi connectivity index (χ1v) is 9.64. The average molecular weight is 445 g/mol. The highest BCUT2D eigenvalue weighted by atomic mass is 32.1. The van der Waals surface area contributed by atoms with E-state index in [4.69, 9.17) is 19.1 Å². The predicted octanol–water partition coefficient (Wildman–Crippen LogP) is 2.56. The predicted molar refractivity (Wildman–Crippen MR) is 98.4 cm³/mol. The second-order valence-electron chi connectivity index (χ2n) is 6.32. The number of ether oxygens (including phenoxy) is 1. The molecule has 0 bridgehead atoms. The van der Waals surface area contributed by atoms with Gasteiger partial charge in [0.2, 0.25) is 0 Å². The van der Waals surface area contributed by atoms with Gasteiger partial charge in [0.1, 0.15) is 10.7 Å². The standard InChI is InChI=1S/C15H17N5O2S.C2HF3O2/c1-3-21-9-12(1)15-13-10-22-8-11(7-20(13)19-18-15)5-16-6-14-17-2-4-23-14;3-2(4,5)1(6)7/h1-4,9,11,16H,5-8,10H2;(H,6,7). The Labute approximate surface area is 172 Å². The summed E-state index contributed by atoms with van der Waals surface area (Å²) in [5, 5.41) is 22.2. The minimum absolute atomic E-state index is 0.357. The maximum atomic E-state index is 10.6. The van der Waals surface area contributed by atoms with E-state index in [1.165, 1.54) is 0 Å². The Hall–Kier alpha value is -2.77. The number of halogens is 3. The van der Waals surface area contributed by atoms with Crippen molar-refractivity contribution in [3.63, 3.8) is 0 Å². The van der Waals surface area contributed by atoms with Gasteiger partial charge < -0.3 is 19.6 Å². The van der Waals surface area contributed by atoms with Crippen LogP contribution in [0, 0.1) is 5.92 Å². The molecule has 1 unspecified atom stereocenters. The van der Waals surface area contributed by atoms with Gasteiger partial charge in [-0.05, 0) is 6.07 Å². The third-order valence-electron chi connectivity index (χ3n) is 4.09. The molecule has 0 spiro atoms. The first-order chi connectivity index (χ1) is 14.3. The summed E-state index contributed by atoms with van der Waals surface area (Å²) in [5.74, 6) is -2.40. The van der Waals surface area contributed by atoms with E-state index in [0.29, 0.717) is 19.1 Å². The topological polar surface area (TPSA) is 115 Å². The zero-order valence-corrected chi connectivity index (χ0v) is 16.3. The lowest BCUT2D eigenvalue weighted by Crippen LogP contribution is -2.28. The maximum absolute atomic E-state index is 10.6. The number of aliphatic carboxylic acids is 1. The molecule has 1 atom stereocenters. The quantitative estimate of drug-likeness (QED) is 0.616. The number of carbonyl (C=O) groups is 1. The van der Waals surface area contributed by atoms with Crippen molar-refractivity contribution in [1.29, 1.82) is 0 Å². The van der Waals surface area contributed by atoms with Gasteiger partial charge >= 0.3 is 12.1 Å². The Morgan fingerprint density at radius 3 is 2.87 bits per heavy atom. The normalized spacial score (nSPS) is 16.3. The van der Waals surface area contributed by atoms with E-state index in [1.54, 1.807) is 23.9 Å². The largest absolute Gasteiger partial charge is 0.490 e. The maximum Gasteiger partial charge on any atom is 0.490 e. The van der Waals surface area contributed by atoms with Crippen molar-refractivity contribution in [2.45, 2.75) is 25.9 Å². The Bertz CT molecular complexity index is 928. The van der Waals surface area contributed by atoms with Crippen LogP contribution in [0.25, 0.3) is 11.3 Å². The summed E-state index contributed by atoms with van der Waals surface area (Å²) in [6, 6.07) is 1.89. The summed E-state index contributed by atoms with van der Waals surface area (Å²) in [7, 11) is 0. The number of furan rings is 1. The van der Waals surface area contributed by atoms with Crippen molar-refractivity contribution in [2.75, 3.05) is 13.2 Å². The molecular formula is C17H18F3N5O4S. The fraction of sp³-hybridized carbons (Fsp3) is 0.412. The minimum Gasteiger partial charge on any atom is -0.475 e. The second kappa shape index (κ2) is 9.82. The molecule has 0 saturated carbocycles. The van der Waals surface area contributed by atoms with Crippen LogP contribution < -0.4 is 5.32 Å². The molecule has 4 heterocycles. The van der Waals surface area contributed by atoms with E-state index < -0.39 is 12.1 Å². The molecule has 9 nitrogen and oxygen atoms in total. The number of hydrogen-bond donors (Lipinski definition) is 2. The van der Waals surface area contributed by atoms with Crippen LogP contribution in [0.15, 0.2) is 34.6 Å². The number of nitrogens with zero attached hydrogens (tertiary/aromatic N) is 4.